The molecule has 2 aliphatic heterocycles. The molecule has 0 saturated carbocycles. The molecule has 1 amide bonds. The fraction of sp³-hybridized carbons (Fsp3) is 0.207. The maximum atomic E-state index is 13.3. The van der Waals surface area contributed by atoms with Crippen LogP contribution in [0.5, 0.6) is 5.75 Å². The Morgan fingerprint density at radius 2 is 1.81 bits per heavy atom. The number of likely N-dealkylation sites (tertiary alicyclic amines) is 1. The fourth-order valence-corrected chi connectivity index (χ4v) is 6.45. The van der Waals surface area contributed by atoms with Crippen LogP contribution in [-0.4, -0.2) is 35.4 Å². The SMILES string of the molecule is CN1C[C@H](c2ccc(OCc3ccc4ccccc4c3)c(Br)c2)[C@H]([N+](=O)[O-])[C@@]12C(=O)Nc1ccccc12. The molecular weight excluding hydrogens is 534 g/mol. The van der Waals surface area contributed by atoms with Gasteiger partial charge < -0.3 is 10.1 Å². The minimum Gasteiger partial charge on any atom is -0.488 e. The van der Waals surface area contributed by atoms with Crippen LogP contribution in [0.2, 0.25) is 0 Å². The summed E-state index contributed by atoms with van der Waals surface area (Å²) < 4.78 is 6.80. The van der Waals surface area contributed by atoms with Crippen LogP contribution in [0.4, 0.5) is 5.69 Å². The molecule has 1 fully saturated rings. The summed E-state index contributed by atoms with van der Waals surface area (Å²) in [7, 11) is 1.79. The summed E-state index contributed by atoms with van der Waals surface area (Å²) in [4.78, 5) is 27.3. The molecule has 1 N–H and O–H groups in total. The number of rotatable bonds is 5. The van der Waals surface area contributed by atoms with E-state index in [2.05, 4.69) is 45.5 Å². The summed E-state index contributed by atoms with van der Waals surface area (Å²) >= 11 is 3.60. The Morgan fingerprint density at radius 3 is 2.59 bits per heavy atom. The number of likely N-dealkylation sites (N-methyl/N-ethyl adjacent to an activating group) is 1. The number of amides is 1. The van der Waals surface area contributed by atoms with Crippen LogP contribution in [0.1, 0.15) is 22.6 Å². The first-order valence-corrected chi connectivity index (χ1v) is 12.8. The van der Waals surface area contributed by atoms with Gasteiger partial charge in [0.05, 0.1) is 10.4 Å². The Bertz CT molecular complexity index is 1560. The van der Waals surface area contributed by atoms with E-state index in [0.29, 0.717) is 34.6 Å². The van der Waals surface area contributed by atoms with Crippen molar-refractivity contribution in [3.05, 3.63) is 116 Å². The molecule has 4 aromatic carbocycles. The lowest BCUT2D eigenvalue weighted by atomic mass is 9.79. The number of benzene rings is 4. The predicted octanol–water partition coefficient (Wildman–Crippen LogP) is 5.70. The van der Waals surface area contributed by atoms with Gasteiger partial charge in [-0.05, 0) is 69.1 Å². The van der Waals surface area contributed by atoms with Gasteiger partial charge >= 0.3 is 0 Å². The number of fused-ring (bicyclic) bond motifs is 3. The molecule has 0 aromatic heterocycles. The van der Waals surface area contributed by atoms with E-state index in [1.807, 2.05) is 59.5 Å². The molecule has 2 aliphatic rings. The molecule has 7 nitrogen and oxygen atoms in total. The van der Waals surface area contributed by atoms with E-state index in [1.165, 1.54) is 5.39 Å². The average Bonchev–Trinajstić information content (AvgIpc) is 3.37. The standard InChI is InChI=1S/C29H24BrN3O4/c1-32-16-22(27(33(35)36)29(32)23-8-4-5-9-25(23)31-28(29)34)21-12-13-26(24(30)15-21)37-17-18-10-11-19-6-2-3-7-20(19)14-18/h2-15,22,27H,16-17H2,1H3,(H,31,34)/t22-,27+,29+/m1/s1. The fourth-order valence-electron chi connectivity index (χ4n) is 5.93. The van der Waals surface area contributed by atoms with Crippen molar-refractivity contribution in [3.8, 4) is 5.75 Å². The molecule has 0 aliphatic carbocycles. The first-order valence-electron chi connectivity index (χ1n) is 12.0. The molecule has 3 atom stereocenters. The van der Waals surface area contributed by atoms with E-state index in [0.717, 1.165) is 16.5 Å². The van der Waals surface area contributed by atoms with E-state index in [4.69, 9.17) is 4.74 Å². The second-order valence-corrected chi connectivity index (χ2v) is 10.5. The van der Waals surface area contributed by atoms with Gasteiger partial charge in [-0.1, -0.05) is 60.7 Å². The zero-order valence-corrected chi connectivity index (χ0v) is 21.6. The molecule has 6 rings (SSSR count). The number of nitrogens with one attached hydrogen (secondary N) is 1. The number of hydrogen-bond donors (Lipinski definition) is 1. The number of para-hydroxylation sites is 1. The van der Waals surface area contributed by atoms with Crippen LogP contribution in [-0.2, 0) is 16.9 Å². The zero-order valence-electron chi connectivity index (χ0n) is 20.1. The number of hydrogen-bond acceptors (Lipinski definition) is 5. The number of halogens is 1. The van der Waals surface area contributed by atoms with Gasteiger partial charge in [-0.3, -0.25) is 19.8 Å². The van der Waals surface area contributed by atoms with Crippen molar-refractivity contribution >= 4 is 38.3 Å². The number of nitrogens with zero attached hydrogens (tertiary/aromatic N) is 2. The smallest absolute Gasteiger partial charge is 0.256 e. The topological polar surface area (TPSA) is 84.7 Å². The van der Waals surface area contributed by atoms with E-state index in [1.54, 1.807) is 13.1 Å². The van der Waals surface area contributed by atoms with Gasteiger partial charge in [0.15, 0.2) is 5.54 Å². The molecule has 186 valence electrons. The van der Waals surface area contributed by atoms with Gasteiger partial charge in [0.2, 0.25) is 0 Å². The third-order valence-corrected chi connectivity index (χ3v) is 8.25. The molecule has 0 radical (unpaired) electrons. The number of nitro groups is 1. The molecule has 1 spiro atoms. The van der Waals surface area contributed by atoms with Gasteiger partial charge in [0.1, 0.15) is 12.4 Å². The van der Waals surface area contributed by atoms with Gasteiger partial charge in [-0.25, -0.2) is 0 Å². The largest absolute Gasteiger partial charge is 0.488 e. The van der Waals surface area contributed by atoms with Crippen molar-refractivity contribution in [3.63, 3.8) is 0 Å². The molecule has 8 heteroatoms. The molecule has 1 saturated heterocycles. The minimum atomic E-state index is -1.36. The van der Waals surface area contributed by atoms with Crippen LogP contribution in [0.3, 0.4) is 0 Å². The highest BCUT2D eigenvalue weighted by atomic mass is 79.9. The van der Waals surface area contributed by atoms with Crippen LogP contribution in [0.15, 0.2) is 89.4 Å². The van der Waals surface area contributed by atoms with Crippen molar-refractivity contribution in [2.75, 3.05) is 18.9 Å². The Kier molecular flexibility index (Phi) is 5.73. The number of ether oxygens (including phenoxy) is 1. The highest BCUT2D eigenvalue weighted by Gasteiger charge is 2.68. The van der Waals surface area contributed by atoms with E-state index in [9.17, 15) is 14.9 Å². The first kappa shape index (κ1) is 23.6. The summed E-state index contributed by atoms with van der Waals surface area (Å²) in [6.45, 7) is 0.768. The van der Waals surface area contributed by atoms with E-state index in [-0.39, 0.29) is 10.8 Å². The second-order valence-electron chi connectivity index (χ2n) is 9.64. The summed E-state index contributed by atoms with van der Waals surface area (Å²) in [6.07, 6.45) is 0. The molecule has 0 bridgehead atoms. The number of carbonyl (C=O) groups excluding carboxylic acids is 1. The van der Waals surface area contributed by atoms with Crippen LogP contribution in [0.25, 0.3) is 10.8 Å². The predicted molar refractivity (Wildman–Crippen MR) is 145 cm³/mol. The Labute approximate surface area is 222 Å². The van der Waals surface area contributed by atoms with E-state index >= 15 is 0 Å². The van der Waals surface area contributed by atoms with Crippen LogP contribution in [0, 0.1) is 10.1 Å². The monoisotopic (exact) mass is 557 g/mol. The van der Waals surface area contributed by atoms with E-state index < -0.39 is 17.5 Å². The van der Waals surface area contributed by atoms with Crippen molar-refractivity contribution in [1.29, 1.82) is 0 Å². The van der Waals surface area contributed by atoms with Crippen molar-refractivity contribution in [1.82, 2.24) is 4.90 Å². The highest BCUT2D eigenvalue weighted by Crippen LogP contribution is 2.52. The van der Waals surface area contributed by atoms with Crippen molar-refractivity contribution in [2.24, 2.45) is 0 Å². The number of carbonyl (C=O) groups is 1. The van der Waals surface area contributed by atoms with Gasteiger partial charge in [-0.2, -0.15) is 0 Å². The van der Waals surface area contributed by atoms with Crippen LogP contribution < -0.4 is 10.1 Å². The molecule has 0 unspecified atom stereocenters. The minimum absolute atomic E-state index is 0.298. The quantitative estimate of drug-likeness (QED) is 0.251. The molecule has 37 heavy (non-hydrogen) atoms. The molecule has 4 aromatic rings. The lowest BCUT2D eigenvalue weighted by Crippen LogP contribution is -2.54. The summed E-state index contributed by atoms with van der Waals surface area (Å²) in [5.74, 6) is -0.183. The summed E-state index contributed by atoms with van der Waals surface area (Å²) in [5.41, 5.74) is 1.76. The third-order valence-electron chi connectivity index (χ3n) is 7.63. The lowest BCUT2D eigenvalue weighted by molar-refractivity contribution is -0.534. The maximum absolute atomic E-state index is 13.3. The lowest BCUT2D eigenvalue weighted by Gasteiger charge is -2.30. The molecular formula is C29H24BrN3O4. The Hall–Kier alpha value is -3.75. The normalized spacial score (nSPS) is 22.8. The summed E-state index contributed by atoms with van der Waals surface area (Å²) in [5, 5.41) is 17.7. The third kappa shape index (κ3) is 3.70. The Morgan fingerprint density at radius 1 is 1.05 bits per heavy atom. The van der Waals surface area contributed by atoms with Gasteiger partial charge in [-0.15, -0.1) is 0 Å². The van der Waals surface area contributed by atoms with Crippen LogP contribution >= 0.6 is 15.9 Å². The summed E-state index contributed by atoms with van der Waals surface area (Å²) in [6, 6.07) is 26.1. The van der Waals surface area contributed by atoms with Gasteiger partial charge in [0, 0.05) is 22.7 Å². The maximum Gasteiger partial charge on any atom is 0.256 e. The second kappa shape index (κ2) is 8.97. The Balaban J connectivity index is 1.28. The highest BCUT2D eigenvalue weighted by molar-refractivity contribution is 9.10. The average molecular weight is 558 g/mol. The van der Waals surface area contributed by atoms with Gasteiger partial charge in [0.25, 0.3) is 11.9 Å². The zero-order chi connectivity index (χ0) is 25.7. The van der Waals surface area contributed by atoms with Crippen molar-refractivity contribution in [2.45, 2.75) is 24.1 Å². The number of anilines is 1. The first-order chi connectivity index (χ1) is 17.9. The molecule has 2 heterocycles. The van der Waals surface area contributed by atoms with Crippen molar-refractivity contribution < 1.29 is 14.5 Å².